The Labute approximate surface area is 143 Å². The van der Waals surface area contributed by atoms with Crippen molar-refractivity contribution in [3.63, 3.8) is 0 Å². The van der Waals surface area contributed by atoms with Crippen LogP contribution < -0.4 is 10.1 Å². The molecule has 0 aliphatic heterocycles. The van der Waals surface area contributed by atoms with Crippen LogP contribution in [0.15, 0.2) is 28.8 Å². The minimum absolute atomic E-state index is 0.213. The van der Waals surface area contributed by atoms with Crippen molar-refractivity contribution in [3.05, 3.63) is 36.0 Å². The zero-order valence-corrected chi connectivity index (χ0v) is 13.3. The summed E-state index contributed by atoms with van der Waals surface area (Å²) in [6.45, 7) is 0.213. The third kappa shape index (κ3) is 3.62. The molecule has 130 valence electrons. The molecule has 2 aliphatic carbocycles. The van der Waals surface area contributed by atoms with Crippen LogP contribution >= 0.6 is 0 Å². The van der Waals surface area contributed by atoms with Crippen molar-refractivity contribution in [2.24, 2.45) is 11.8 Å². The van der Waals surface area contributed by atoms with Crippen molar-refractivity contribution < 1.29 is 24.0 Å². The highest BCUT2D eigenvalue weighted by Gasteiger charge is 2.48. The molecular weight excluding hydrogens is 326 g/mol. The average Bonchev–Trinajstić information content (AvgIpc) is 3.52. The van der Waals surface area contributed by atoms with Crippen molar-refractivity contribution in [2.45, 2.75) is 31.8 Å². The summed E-state index contributed by atoms with van der Waals surface area (Å²) >= 11 is 0. The van der Waals surface area contributed by atoms with E-state index < -0.39 is 17.8 Å². The van der Waals surface area contributed by atoms with Crippen molar-refractivity contribution in [3.8, 4) is 5.75 Å². The summed E-state index contributed by atoms with van der Waals surface area (Å²) in [5.74, 6) is 0.0344. The van der Waals surface area contributed by atoms with Gasteiger partial charge < -0.3 is 19.7 Å². The number of nitrogens with one attached hydrogen (secondary N) is 1. The predicted octanol–water partition coefficient (Wildman–Crippen LogP) is 2.19. The summed E-state index contributed by atoms with van der Waals surface area (Å²) in [5, 5.41) is 15.4. The zero-order chi connectivity index (χ0) is 17.4. The van der Waals surface area contributed by atoms with E-state index in [0.29, 0.717) is 35.5 Å². The first-order chi connectivity index (χ1) is 12.1. The van der Waals surface area contributed by atoms with Gasteiger partial charge in [0.15, 0.2) is 6.61 Å². The Morgan fingerprint density at radius 3 is 2.64 bits per heavy atom. The lowest BCUT2D eigenvalue weighted by Gasteiger charge is -2.07. The molecule has 25 heavy (non-hydrogen) atoms. The number of carbonyl (C=O) groups excluding carboxylic acids is 1. The Morgan fingerprint density at radius 1 is 1.24 bits per heavy atom. The van der Waals surface area contributed by atoms with E-state index >= 15 is 0 Å². The van der Waals surface area contributed by atoms with Gasteiger partial charge in [-0.1, -0.05) is 5.16 Å². The Balaban J connectivity index is 1.28. The lowest BCUT2D eigenvalue weighted by molar-refractivity contribution is -0.139. The largest absolute Gasteiger partial charge is 0.485 e. The number of carboxylic acids is 1. The van der Waals surface area contributed by atoms with Gasteiger partial charge in [0.25, 0.3) is 0 Å². The number of hydrogen-bond acceptors (Lipinski definition) is 6. The Kier molecular flexibility index (Phi) is 3.87. The summed E-state index contributed by atoms with van der Waals surface area (Å²) in [6.07, 6.45) is 2.60. The number of aliphatic carboxylic acids is 1. The van der Waals surface area contributed by atoms with E-state index in [1.807, 2.05) is 0 Å². The number of benzene rings is 1. The first kappa shape index (κ1) is 15.6. The molecule has 8 nitrogen and oxygen atoms in total. The van der Waals surface area contributed by atoms with E-state index in [9.17, 15) is 9.59 Å². The van der Waals surface area contributed by atoms with Crippen LogP contribution in [0.25, 0.3) is 0 Å². The number of aromatic nitrogens is 2. The van der Waals surface area contributed by atoms with Crippen LogP contribution in [0.1, 0.15) is 36.9 Å². The number of hydrogen-bond donors (Lipinski definition) is 2. The molecule has 2 saturated carbocycles. The number of nitrogens with zero attached hydrogens (tertiary/aromatic N) is 2. The van der Waals surface area contributed by atoms with Crippen LogP contribution in [0, 0.1) is 11.8 Å². The monoisotopic (exact) mass is 343 g/mol. The maximum atomic E-state index is 11.9. The maximum Gasteiger partial charge on any atom is 0.307 e. The number of ether oxygens (including phenoxy) is 1. The minimum Gasteiger partial charge on any atom is -0.485 e. The molecule has 1 heterocycles. The number of carboxylic acid groups (broad SMARTS) is 1. The van der Waals surface area contributed by atoms with Gasteiger partial charge in [0.05, 0.1) is 11.8 Å². The number of rotatable bonds is 7. The molecule has 1 aromatic carbocycles. The summed E-state index contributed by atoms with van der Waals surface area (Å²) in [6, 6.07) is 6.85. The van der Waals surface area contributed by atoms with E-state index in [-0.39, 0.29) is 12.5 Å². The highest BCUT2D eigenvalue weighted by molar-refractivity contribution is 5.98. The molecule has 2 unspecified atom stereocenters. The summed E-state index contributed by atoms with van der Waals surface area (Å²) in [4.78, 5) is 27.0. The standard InChI is InChI=1S/C17H17N3O5/c21-15(12-7-13(12)17(22)23)18-10-3-5-11(6-4-10)24-8-14-19-16(25-20-14)9-1-2-9/h3-6,9,12-13H,1-2,7-8H2,(H,18,21)(H,22,23). The second kappa shape index (κ2) is 6.19. The smallest absolute Gasteiger partial charge is 0.307 e. The lowest BCUT2D eigenvalue weighted by atomic mass is 10.2. The van der Waals surface area contributed by atoms with E-state index in [0.717, 1.165) is 12.8 Å². The molecule has 0 radical (unpaired) electrons. The molecule has 2 fully saturated rings. The number of carbonyl (C=O) groups is 2. The maximum absolute atomic E-state index is 11.9. The quantitative estimate of drug-likeness (QED) is 0.792. The fourth-order valence-electron chi connectivity index (χ4n) is 2.60. The van der Waals surface area contributed by atoms with Gasteiger partial charge in [-0.15, -0.1) is 0 Å². The molecule has 8 heteroatoms. The first-order valence-corrected chi connectivity index (χ1v) is 8.19. The van der Waals surface area contributed by atoms with Gasteiger partial charge in [-0.25, -0.2) is 0 Å². The van der Waals surface area contributed by atoms with E-state index in [1.165, 1.54) is 0 Å². The Hall–Kier alpha value is -2.90. The molecule has 1 aromatic heterocycles. The summed E-state index contributed by atoms with van der Waals surface area (Å²) in [7, 11) is 0. The first-order valence-electron chi connectivity index (χ1n) is 8.19. The van der Waals surface area contributed by atoms with Crippen molar-refractivity contribution >= 4 is 17.6 Å². The van der Waals surface area contributed by atoms with Crippen LogP contribution in [0.4, 0.5) is 5.69 Å². The molecule has 2 atom stereocenters. The molecular formula is C17H17N3O5. The van der Waals surface area contributed by atoms with Crippen molar-refractivity contribution in [2.75, 3.05) is 5.32 Å². The predicted molar refractivity (Wildman–Crippen MR) is 84.9 cm³/mol. The van der Waals surface area contributed by atoms with E-state index in [1.54, 1.807) is 24.3 Å². The SMILES string of the molecule is O=C(O)C1CC1C(=O)Nc1ccc(OCc2noc(C3CC3)n2)cc1. The second-order valence-corrected chi connectivity index (χ2v) is 6.41. The van der Waals surface area contributed by atoms with Gasteiger partial charge in [0, 0.05) is 11.6 Å². The van der Waals surface area contributed by atoms with E-state index in [4.69, 9.17) is 14.4 Å². The average molecular weight is 343 g/mol. The van der Waals surface area contributed by atoms with Gasteiger partial charge in [-0.05, 0) is 43.5 Å². The van der Waals surface area contributed by atoms with Gasteiger partial charge in [0.1, 0.15) is 5.75 Å². The van der Waals surface area contributed by atoms with Gasteiger partial charge in [0.2, 0.25) is 17.6 Å². The zero-order valence-electron chi connectivity index (χ0n) is 13.3. The van der Waals surface area contributed by atoms with Crippen molar-refractivity contribution in [1.29, 1.82) is 0 Å². The van der Waals surface area contributed by atoms with Gasteiger partial charge >= 0.3 is 5.97 Å². The number of anilines is 1. The van der Waals surface area contributed by atoms with Crippen LogP contribution in [0.5, 0.6) is 5.75 Å². The third-order valence-electron chi connectivity index (χ3n) is 4.34. The molecule has 4 rings (SSSR count). The summed E-state index contributed by atoms with van der Waals surface area (Å²) in [5.41, 5.74) is 0.601. The van der Waals surface area contributed by atoms with Crippen LogP contribution in [-0.2, 0) is 16.2 Å². The topological polar surface area (TPSA) is 115 Å². The fourth-order valence-corrected chi connectivity index (χ4v) is 2.60. The number of amides is 1. The molecule has 0 spiro atoms. The highest BCUT2D eigenvalue weighted by Crippen LogP contribution is 2.40. The normalized spacial score (nSPS) is 21.6. The van der Waals surface area contributed by atoms with Crippen LogP contribution in [0.3, 0.4) is 0 Å². The Bertz CT molecular complexity index is 797. The molecule has 0 bridgehead atoms. The summed E-state index contributed by atoms with van der Waals surface area (Å²) < 4.78 is 10.8. The van der Waals surface area contributed by atoms with Gasteiger partial charge in [-0.2, -0.15) is 4.98 Å². The minimum atomic E-state index is -0.921. The van der Waals surface area contributed by atoms with E-state index in [2.05, 4.69) is 15.5 Å². The second-order valence-electron chi connectivity index (χ2n) is 6.41. The molecule has 0 saturated heterocycles. The van der Waals surface area contributed by atoms with Gasteiger partial charge in [-0.3, -0.25) is 9.59 Å². The third-order valence-corrected chi connectivity index (χ3v) is 4.34. The highest BCUT2D eigenvalue weighted by atomic mass is 16.5. The molecule has 2 aliphatic rings. The van der Waals surface area contributed by atoms with Crippen molar-refractivity contribution in [1.82, 2.24) is 10.1 Å². The molecule has 2 aromatic rings. The molecule has 1 amide bonds. The Morgan fingerprint density at radius 2 is 2.00 bits per heavy atom. The molecule has 2 N–H and O–H groups in total. The van der Waals surface area contributed by atoms with Crippen LogP contribution in [0.2, 0.25) is 0 Å². The lowest BCUT2D eigenvalue weighted by Crippen LogP contribution is -2.16. The van der Waals surface area contributed by atoms with Crippen LogP contribution in [-0.4, -0.2) is 27.1 Å². The fraction of sp³-hybridized carbons (Fsp3) is 0.412.